The first-order chi connectivity index (χ1) is 8.33. The Morgan fingerprint density at radius 2 is 1.78 bits per heavy atom. The van der Waals surface area contributed by atoms with E-state index in [1.54, 1.807) is 0 Å². The molecule has 2 N–H and O–H groups in total. The summed E-state index contributed by atoms with van der Waals surface area (Å²) in [6.07, 6.45) is 3.04. The van der Waals surface area contributed by atoms with Gasteiger partial charge in [0.15, 0.2) is 0 Å². The van der Waals surface area contributed by atoms with E-state index in [1.165, 1.54) is 12.8 Å². The van der Waals surface area contributed by atoms with Crippen LogP contribution < -0.4 is 5.32 Å². The summed E-state index contributed by atoms with van der Waals surface area (Å²) in [5.41, 5.74) is -0.674. The fraction of sp³-hybridized carbons (Fsp3) is 1.00. The SMILES string of the molecule is CC(C)CC(CC(C)C)NCC1(O)CCOC1C. The predicted octanol–water partition coefficient (Wildman–Crippen LogP) is 2.58. The van der Waals surface area contributed by atoms with Crippen LogP contribution in [0.2, 0.25) is 0 Å². The average molecular weight is 257 g/mol. The van der Waals surface area contributed by atoms with Crippen molar-refractivity contribution in [3.8, 4) is 0 Å². The fourth-order valence-corrected chi connectivity index (χ4v) is 2.72. The van der Waals surface area contributed by atoms with Crippen LogP contribution >= 0.6 is 0 Å². The highest BCUT2D eigenvalue weighted by atomic mass is 16.5. The molecular weight excluding hydrogens is 226 g/mol. The van der Waals surface area contributed by atoms with Gasteiger partial charge in [-0.1, -0.05) is 27.7 Å². The Morgan fingerprint density at radius 3 is 2.17 bits per heavy atom. The van der Waals surface area contributed by atoms with Crippen LogP contribution in [0.15, 0.2) is 0 Å². The molecule has 0 aromatic rings. The third-order valence-corrected chi connectivity index (χ3v) is 3.87. The second-order valence-electron chi connectivity index (χ2n) is 6.70. The highest BCUT2D eigenvalue weighted by molar-refractivity contribution is 4.92. The molecule has 0 aliphatic carbocycles. The normalized spacial score (nSPS) is 28.8. The Balaban J connectivity index is 2.45. The smallest absolute Gasteiger partial charge is 0.105 e. The highest BCUT2D eigenvalue weighted by Gasteiger charge is 2.39. The molecule has 1 fully saturated rings. The van der Waals surface area contributed by atoms with Crippen LogP contribution in [-0.2, 0) is 4.74 Å². The van der Waals surface area contributed by atoms with Gasteiger partial charge in [-0.2, -0.15) is 0 Å². The van der Waals surface area contributed by atoms with Crippen LogP contribution in [0.1, 0.15) is 53.9 Å². The number of aliphatic hydroxyl groups is 1. The fourth-order valence-electron chi connectivity index (χ4n) is 2.72. The maximum absolute atomic E-state index is 10.5. The van der Waals surface area contributed by atoms with Crippen molar-refractivity contribution in [1.29, 1.82) is 0 Å². The van der Waals surface area contributed by atoms with Gasteiger partial charge in [0.1, 0.15) is 5.60 Å². The van der Waals surface area contributed by atoms with E-state index in [2.05, 4.69) is 33.0 Å². The van der Waals surface area contributed by atoms with Gasteiger partial charge in [-0.3, -0.25) is 0 Å². The minimum atomic E-state index is -0.674. The third-order valence-electron chi connectivity index (χ3n) is 3.87. The van der Waals surface area contributed by atoms with E-state index >= 15 is 0 Å². The second kappa shape index (κ2) is 6.88. The van der Waals surface area contributed by atoms with Crippen molar-refractivity contribution in [2.75, 3.05) is 13.2 Å². The van der Waals surface area contributed by atoms with Gasteiger partial charge < -0.3 is 15.2 Å². The summed E-state index contributed by atoms with van der Waals surface area (Å²) in [4.78, 5) is 0. The number of ether oxygens (including phenoxy) is 1. The van der Waals surface area contributed by atoms with E-state index in [-0.39, 0.29) is 6.10 Å². The Hall–Kier alpha value is -0.120. The summed E-state index contributed by atoms with van der Waals surface area (Å²) in [7, 11) is 0. The minimum Gasteiger partial charge on any atom is -0.386 e. The number of hydrogen-bond donors (Lipinski definition) is 2. The van der Waals surface area contributed by atoms with Crippen LogP contribution in [0.25, 0.3) is 0 Å². The third kappa shape index (κ3) is 4.87. The average Bonchev–Trinajstić information content (AvgIpc) is 2.55. The molecular formula is C15H31NO2. The lowest BCUT2D eigenvalue weighted by Gasteiger charge is -2.30. The van der Waals surface area contributed by atoms with Crippen molar-refractivity contribution < 1.29 is 9.84 Å². The first kappa shape index (κ1) is 15.9. The molecule has 1 rings (SSSR count). The molecule has 1 aliphatic heterocycles. The Bertz CT molecular complexity index is 233. The Labute approximate surface area is 112 Å². The van der Waals surface area contributed by atoms with Gasteiger partial charge >= 0.3 is 0 Å². The number of rotatable bonds is 7. The molecule has 3 nitrogen and oxygen atoms in total. The molecule has 0 spiro atoms. The summed E-state index contributed by atoms with van der Waals surface area (Å²) in [6, 6.07) is 0.502. The van der Waals surface area contributed by atoms with Gasteiger partial charge in [-0.25, -0.2) is 0 Å². The largest absolute Gasteiger partial charge is 0.386 e. The van der Waals surface area contributed by atoms with Crippen molar-refractivity contribution in [2.45, 2.75) is 71.6 Å². The summed E-state index contributed by atoms with van der Waals surface area (Å²) in [6.45, 7) is 12.3. The van der Waals surface area contributed by atoms with Gasteiger partial charge in [0.05, 0.1) is 6.10 Å². The first-order valence-corrected chi connectivity index (χ1v) is 7.41. The summed E-state index contributed by atoms with van der Waals surface area (Å²) in [5.74, 6) is 1.38. The molecule has 0 aromatic carbocycles. The molecule has 0 bridgehead atoms. The van der Waals surface area contributed by atoms with Crippen molar-refractivity contribution in [2.24, 2.45) is 11.8 Å². The van der Waals surface area contributed by atoms with E-state index in [0.717, 1.165) is 6.42 Å². The van der Waals surface area contributed by atoms with Crippen molar-refractivity contribution in [3.05, 3.63) is 0 Å². The zero-order chi connectivity index (χ0) is 13.8. The molecule has 1 aliphatic rings. The number of nitrogens with one attached hydrogen (secondary N) is 1. The van der Waals surface area contributed by atoms with Crippen molar-refractivity contribution in [3.63, 3.8) is 0 Å². The zero-order valence-electron chi connectivity index (χ0n) is 12.7. The van der Waals surface area contributed by atoms with Crippen LogP contribution in [-0.4, -0.2) is 36.0 Å². The molecule has 1 heterocycles. The lowest BCUT2D eigenvalue weighted by atomic mass is 9.92. The van der Waals surface area contributed by atoms with Gasteiger partial charge in [-0.15, -0.1) is 0 Å². The maximum atomic E-state index is 10.5. The molecule has 0 radical (unpaired) electrons. The molecule has 3 heteroatoms. The van der Waals surface area contributed by atoms with E-state index < -0.39 is 5.60 Å². The zero-order valence-corrected chi connectivity index (χ0v) is 12.7. The van der Waals surface area contributed by atoms with Gasteiger partial charge in [0.2, 0.25) is 0 Å². The molecule has 2 unspecified atom stereocenters. The van der Waals surface area contributed by atoms with E-state index in [9.17, 15) is 5.11 Å². The van der Waals surface area contributed by atoms with E-state index in [1.807, 2.05) is 6.92 Å². The molecule has 0 saturated carbocycles. The minimum absolute atomic E-state index is 0.0521. The summed E-state index contributed by atoms with van der Waals surface area (Å²) >= 11 is 0. The lowest BCUT2D eigenvalue weighted by Crippen LogP contribution is -2.49. The molecule has 18 heavy (non-hydrogen) atoms. The van der Waals surface area contributed by atoms with Crippen LogP contribution in [0, 0.1) is 11.8 Å². The molecule has 1 saturated heterocycles. The first-order valence-electron chi connectivity index (χ1n) is 7.41. The van der Waals surface area contributed by atoms with E-state index in [0.29, 0.717) is 31.0 Å². The van der Waals surface area contributed by atoms with Gasteiger partial charge in [0, 0.05) is 25.6 Å². The van der Waals surface area contributed by atoms with Crippen molar-refractivity contribution in [1.82, 2.24) is 5.32 Å². The summed E-state index contributed by atoms with van der Waals surface area (Å²) in [5, 5.41) is 14.1. The van der Waals surface area contributed by atoms with Gasteiger partial charge in [0.25, 0.3) is 0 Å². The quantitative estimate of drug-likeness (QED) is 0.736. The number of hydrogen-bond acceptors (Lipinski definition) is 3. The van der Waals surface area contributed by atoms with Crippen LogP contribution in [0.4, 0.5) is 0 Å². The molecule has 108 valence electrons. The van der Waals surface area contributed by atoms with Crippen molar-refractivity contribution >= 4 is 0 Å². The Morgan fingerprint density at radius 1 is 1.22 bits per heavy atom. The standard InChI is InChI=1S/C15H31NO2/c1-11(2)8-14(9-12(3)4)16-10-15(17)6-7-18-13(15)5/h11-14,16-17H,6-10H2,1-5H3. The monoisotopic (exact) mass is 257 g/mol. The molecule has 0 amide bonds. The molecule has 0 aromatic heterocycles. The van der Waals surface area contributed by atoms with E-state index in [4.69, 9.17) is 4.74 Å². The second-order valence-corrected chi connectivity index (χ2v) is 6.70. The Kier molecular flexibility index (Phi) is 6.09. The maximum Gasteiger partial charge on any atom is 0.105 e. The molecule has 2 atom stereocenters. The summed E-state index contributed by atoms with van der Waals surface area (Å²) < 4.78 is 5.47. The lowest BCUT2D eigenvalue weighted by molar-refractivity contribution is -0.0283. The predicted molar refractivity (Wildman–Crippen MR) is 75.7 cm³/mol. The topological polar surface area (TPSA) is 41.5 Å². The van der Waals surface area contributed by atoms with Crippen LogP contribution in [0.3, 0.4) is 0 Å². The van der Waals surface area contributed by atoms with Crippen LogP contribution in [0.5, 0.6) is 0 Å². The van der Waals surface area contributed by atoms with Gasteiger partial charge in [-0.05, 0) is 31.6 Å². The highest BCUT2D eigenvalue weighted by Crippen LogP contribution is 2.25.